The van der Waals surface area contributed by atoms with Crippen LogP contribution in [0.1, 0.15) is 10.4 Å². The first kappa shape index (κ1) is 17.5. The van der Waals surface area contributed by atoms with E-state index in [1.165, 1.54) is 40.3 Å². The molecule has 3 aromatic rings. The van der Waals surface area contributed by atoms with Crippen LogP contribution in [-0.2, 0) is 6.54 Å². The first-order valence-corrected chi connectivity index (χ1v) is 8.58. The van der Waals surface area contributed by atoms with E-state index in [-0.39, 0.29) is 29.9 Å². The normalized spacial score (nSPS) is 10.5. The van der Waals surface area contributed by atoms with Crippen LogP contribution in [0.15, 0.2) is 58.7 Å². The van der Waals surface area contributed by atoms with Crippen LogP contribution in [-0.4, -0.2) is 27.2 Å². The number of carbonyl (C=O) groups is 1. The molecule has 8 nitrogen and oxygen atoms in total. The lowest BCUT2D eigenvalue weighted by atomic mass is 10.1. The number of hydrogen-bond donors (Lipinski definition) is 1. The lowest BCUT2D eigenvalue weighted by molar-refractivity contribution is -0.385. The number of aromatic nitrogens is 2. The van der Waals surface area contributed by atoms with Crippen LogP contribution >= 0.6 is 11.3 Å². The molecule has 0 bridgehead atoms. The van der Waals surface area contributed by atoms with Gasteiger partial charge < -0.3 is 5.32 Å². The van der Waals surface area contributed by atoms with Gasteiger partial charge in [-0.25, -0.2) is 4.68 Å². The van der Waals surface area contributed by atoms with E-state index in [0.717, 1.165) is 4.88 Å². The van der Waals surface area contributed by atoms with E-state index in [1.807, 2.05) is 17.5 Å². The van der Waals surface area contributed by atoms with Gasteiger partial charge in [0.1, 0.15) is 11.3 Å². The molecule has 2 aromatic heterocycles. The van der Waals surface area contributed by atoms with Gasteiger partial charge in [-0.2, -0.15) is 5.10 Å². The smallest absolute Gasteiger partial charge is 0.282 e. The van der Waals surface area contributed by atoms with Gasteiger partial charge in [-0.15, -0.1) is 11.3 Å². The van der Waals surface area contributed by atoms with Gasteiger partial charge in [0.2, 0.25) is 0 Å². The maximum absolute atomic E-state index is 12.2. The topological polar surface area (TPSA) is 107 Å². The van der Waals surface area contributed by atoms with Crippen molar-refractivity contribution in [2.45, 2.75) is 6.54 Å². The summed E-state index contributed by atoms with van der Waals surface area (Å²) in [5.74, 6) is -0.570. The third kappa shape index (κ3) is 3.83. The fourth-order valence-electron chi connectivity index (χ4n) is 2.36. The Bertz CT molecular complexity index is 998. The van der Waals surface area contributed by atoms with Crippen LogP contribution in [0.5, 0.6) is 0 Å². The number of nitro groups is 1. The van der Waals surface area contributed by atoms with Crippen LogP contribution in [0, 0.1) is 10.1 Å². The van der Waals surface area contributed by atoms with Crippen molar-refractivity contribution in [1.82, 2.24) is 15.1 Å². The largest absolute Gasteiger partial charge is 0.350 e. The van der Waals surface area contributed by atoms with Gasteiger partial charge in [-0.3, -0.25) is 19.7 Å². The van der Waals surface area contributed by atoms with Crippen molar-refractivity contribution in [3.8, 4) is 10.6 Å². The van der Waals surface area contributed by atoms with Crippen molar-refractivity contribution in [2.24, 2.45) is 0 Å². The Morgan fingerprint density at radius 1 is 1.19 bits per heavy atom. The van der Waals surface area contributed by atoms with E-state index < -0.39 is 10.8 Å². The van der Waals surface area contributed by atoms with Crippen LogP contribution < -0.4 is 10.9 Å². The van der Waals surface area contributed by atoms with E-state index >= 15 is 0 Å². The number of thiophene rings is 1. The van der Waals surface area contributed by atoms with Crippen LogP contribution in [0.25, 0.3) is 10.6 Å². The Morgan fingerprint density at radius 2 is 2.00 bits per heavy atom. The first-order chi connectivity index (χ1) is 12.6. The molecule has 1 aromatic carbocycles. The van der Waals surface area contributed by atoms with Gasteiger partial charge in [0, 0.05) is 18.7 Å². The fourth-order valence-corrected chi connectivity index (χ4v) is 3.05. The van der Waals surface area contributed by atoms with Gasteiger partial charge in [0.25, 0.3) is 17.2 Å². The summed E-state index contributed by atoms with van der Waals surface area (Å²) in [6.07, 6.45) is 0. The van der Waals surface area contributed by atoms with Crippen LogP contribution in [0.2, 0.25) is 0 Å². The number of carbonyl (C=O) groups excluding carboxylic acids is 1. The van der Waals surface area contributed by atoms with Crippen molar-refractivity contribution < 1.29 is 9.72 Å². The van der Waals surface area contributed by atoms with E-state index in [1.54, 1.807) is 12.1 Å². The molecule has 0 fully saturated rings. The molecule has 1 amide bonds. The lowest BCUT2D eigenvalue weighted by Crippen LogP contribution is -2.32. The Hall–Kier alpha value is -3.33. The van der Waals surface area contributed by atoms with Crippen molar-refractivity contribution >= 4 is 22.9 Å². The second-order valence-corrected chi connectivity index (χ2v) is 6.24. The van der Waals surface area contributed by atoms with Crippen molar-refractivity contribution in [1.29, 1.82) is 0 Å². The average molecular weight is 370 g/mol. The highest BCUT2D eigenvalue weighted by molar-refractivity contribution is 7.13. The number of nitro benzene ring substituents is 1. The average Bonchev–Trinajstić information content (AvgIpc) is 3.17. The number of amides is 1. The van der Waals surface area contributed by atoms with Gasteiger partial charge in [0.05, 0.1) is 16.3 Å². The number of rotatable bonds is 6. The Morgan fingerprint density at radius 3 is 2.73 bits per heavy atom. The minimum Gasteiger partial charge on any atom is -0.350 e. The van der Waals surface area contributed by atoms with Gasteiger partial charge in [-0.05, 0) is 23.6 Å². The summed E-state index contributed by atoms with van der Waals surface area (Å²) in [5, 5.41) is 19.8. The maximum atomic E-state index is 12.2. The zero-order valence-electron chi connectivity index (χ0n) is 13.5. The van der Waals surface area contributed by atoms with Gasteiger partial charge in [-0.1, -0.05) is 18.2 Å². The number of nitrogens with zero attached hydrogens (tertiary/aromatic N) is 3. The highest BCUT2D eigenvalue weighted by atomic mass is 32.1. The van der Waals surface area contributed by atoms with E-state index in [9.17, 15) is 19.7 Å². The third-order valence-corrected chi connectivity index (χ3v) is 4.49. The molecule has 0 atom stereocenters. The zero-order valence-corrected chi connectivity index (χ0v) is 14.3. The summed E-state index contributed by atoms with van der Waals surface area (Å²) in [7, 11) is 0. The van der Waals surface area contributed by atoms with Crippen LogP contribution in [0.4, 0.5) is 5.69 Å². The maximum Gasteiger partial charge on any atom is 0.282 e. The standard InChI is InChI=1S/C17H14N4O4S/c22-16-8-7-13(15-6-3-11-26-15)19-20(16)10-9-18-17(23)12-4-1-2-5-14(12)21(24)25/h1-8,11H,9-10H2,(H,18,23). The van der Waals surface area contributed by atoms with E-state index in [2.05, 4.69) is 10.4 Å². The molecular formula is C17H14N4O4S. The van der Waals surface area contributed by atoms with E-state index in [4.69, 9.17) is 0 Å². The lowest BCUT2D eigenvalue weighted by Gasteiger charge is -2.08. The molecule has 0 aliphatic heterocycles. The predicted octanol–water partition coefficient (Wildman–Crippen LogP) is 2.31. The molecule has 9 heteroatoms. The summed E-state index contributed by atoms with van der Waals surface area (Å²) >= 11 is 1.51. The van der Waals surface area contributed by atoms with Gasteiger partial charge >= 0.3 is 0 Å². The molecular weight excluding hydrogens is 356 g/mol. The second kappa shape index (κ2) is 7.70. The number of hydrogen-bond acceptors (Lipinski definition) is 6. The predicted molar refractivity (Wildman–Crippen MR) is 97.2 cm³/mol. The minimum atomic E-state index is -0.606. The molecule has 2 heterocycles. The molecule has 0 unspecified atom stereocenters. The fraction of sp³-hybridized carbons (Fsp3) is 0.118. The quantitative estimate of drug-likeness (QED) is 0.529. The Kier molecular flexibility index (Phi) is 5.18. The molecule has 3 rings (SSSR count). The van der Waals surface area contributed by atoms with Gasteiger partial charge in [0.15, 0.2) is 0 Å². The second-order valence-electron chi connectivity index (χ2n) is 5.29. The summed E-state index contributed by atoms with van der Waals surface area (Å²) in [5.41, 5.74) is 0.0972. The van der Waals surface area contributed by atoms with Crippen molar-refractivity contribution in [3.63, 3.8) is 0 Å². The summed E-state index contributed by atoms with van der Waals surface area (Å²) < 4.78 is 1.26. The highest BCUT2D eigenvalue weighted by Gasteiger charge is 2.18. The summed E-state index contributed by atoms with van der Waals surface area (Å²) in [6.45, 7) is 0.274. The Labute approximate surface area is 151 Å². The molecule has 0 aliphatic rings. The molecule has 0 radical (unpaired) electrons. The SMILES string of the molecule is O=C(NCCn1nc(-c2cccs2)ccc1=O)c1ccccc1[N+](=O)[O-]. The Balaban J connectivity index is 1.69. The zero-order chi connectivity index (χ0) is 18.5. The van der Waals surface area contributed by atoms with Crippen molar-refractivity contribution in [3.05, 3.63) is 79.9 Å². The minimum absolute atomic E-state index is 0.0230. The van der Waals surface area contributed by atoms with Crippen molar-refractivity contribution in [2.75, 3.05) is 6.54 Å². The molecule has 0 spiro atoms. The molecule has 0 saturated heterocycles. The molecule has 0 aliphatic carbocycles. The monoisotopic (exact) mass is 370 g/mol. The number of para-hydroxylation sites is 1. The number of benzene rings is 1. The molecule has 1 N–H and O–H groups in total. The molecule has 132 valence electrons. The number of nitrogens with one attached hydrogen (secondary N) is 1. The summed E-state index contributed by atoms with van der Waals surface area (Å²) in [6, 6.07) is 12.6. The highest BCUT2D eigenvalue weighted by Crippen LogP contribution is 2.21. The molecule has 0 saturated carbocycles. The molecule has 26 heavy (non-hydrogen) atoms. The third-order valence-electron chi connectivity index (χ3n) is 3.59. The first-order valence-electron chi connectivity index (χ1n) is 7.70. The van der Waals surface area contributed by atoms with E-state index in [0.29, 0.717) is 5.69 Å². The summed E-state index contributed by atoms with van der Waals surface area (Å²) in [4.78, 5) is 35.4. The van der Waals surface area contributed by atoms with Crippen LogP contribution in [0.3, 0.4) is 0 Å².